The summed E-state index contributed by atoms with van der Waals surface area (Å²) in [6.07, 6.45) is 1.86. The fourth-order valence-electron chi connectivity index (χ4n) is 1.50. The molecule has 0 bridgehead atoms. The van der Waals surface area contributed by atoms with Crippen LogP contribution in [0.1, 0.15) is 4.88 Å². The van der Waals surface area contributed by atoms with Gasteiger partial charge in [-0.1, -0.05) is 0 Å². The Morgan fingerprint density at radius 1 is 0.938 bits per heavy atom. The molecular weight excluding hydrogens is 254 g/mol. The van der Waals surface area contributed by atoms with E-state index in [2.05, 4.69) is 36.2 Å². The smallest absolute Gasteiger partial charge is 0.133 e. The Morgan fingerprint density at radius 2 is 1.69 bits per heavy atom. The number of rotatable bonds is 2. The lowest BCUT2D eigenvalue weighted by molar-refractivity contribution is 1.43. The Hall–Kier alpha value is -0.970. The van der Waals surface area contributed by atoms with Crippen molar-refractivity contribution in [2.75, 3.05) is 0 Å². The van der Waals surface area contributed by atoms with E-state index < -0.39 is 0 Å². The predicted molar refractivity (Wildman–Crippen MR) is 73.5 cm³/mol. The van der Waals surface area contributed by atoms with Crippen LogP contribution in [-0.4, -0.2) is 4.98 Å². The average Bonchev–Trinajstić information content (AvgIpc) is 2.97. The van der Waals surface area contributed by atoms with Gasteiger partial charge in [0.2, 0.25) is 0 Å². The monoisotopic (exact) mass is 263 g/mol. The molecular formula is C12H9NS3. The van der Waals surface area contributed by atoms with Gasteiger partial charge in [0.25, 0.3) is 0 Å². The molecule has 4 heteroatoms. The van der Waals surface area contributed by atoms with Crippen LogP contribution in [0.4, 0.5) is 0 Å². The van der Waals surface area contributed by atoms with Crippen LogP contribution in [0.2, 0.25) is 0 Å². The van der Waals surface area contributed by atoms with Gasteiger partial charge in [-0.3, -0.25) is 0 Å². The Morgan fingerprint density at radius 3 is 2.38 bits per heavy atom. The minimum absolute atomic E-state index is 1.12. The number of aryl methyl sites for hydroxylation is 1. The third-order valence-corrected chi connectivity index (χ3v) is 5.46. The second-order valence-corrected chi connectivity index (χ2v) is 6.68. The van der Waals surface area contributed by atoms with Crippen LogP contribution in [0.3, 0.4) is 0 Å². The van der Waals surface area contributed by atoms with E-state index in [-0.39, 0.29) is 0 Å². The third kappa shape index (κ3) is 1.84. The lowest BCUT2D eigenvalue weighted by atomic mass is 10.3. The maximum absolute atomic E-state index is 4.33. The van der Waals surface area contributed by atoms with Gasteiger partial charge in [-0.25, -0.2) is 4.98 Å². The molecule has 0 N–H and O–H groups in total. The highest BCUT2D eigenvalue weighted by Crippen LogP contribution is 2.37. The van der Waals surface area contributed by atoms with Crippen molar-refractivity contribution in [1.82, 2.24) is 4.98 Å². The molecule has 1 nitrogen and oxygen atoms in total. The van der Waals surface area contributed by atoms with Crippen LogP contribution < -0.4 is 0 Å². The first-order valence-electron chi connectivity index (χ1n) is 4.89. The molecule has 0 atom stereocenters. The van der Waals surface area contributed by atoms with Gasteiger partial charge in [0, 0.05) is 26.2 Å². The van der Waals surface area contributed by atoms with Gasteiger partial charge < -0.3 is 0 Å². The first kappa shape index (κ1) is 10.2. The fourth-order valence-corrected chi connectivity index (χ4v) is 4.18. The summed E-state index contributed by atoms with van der Waals surface area (Å²) in [6, 6.07) is 8.71. The van der Waals surface area contributed by atoms with E-state index in [0.29, 0.717) is 0 Å². The summed E-state index contributed by atoms with van der Waals surface area (Å²) in [7, 11) is 0. The van der Waals surface area contributed by atoms with E-state index in [4.69, 9.17) is 0 Å². The van der Waals surface area contributed by atoms with E-state index in [1.54, 1.807) is 11.3 Å². The number of hydrogen-bond donors (Lipinski definition) is 0. The zero-order valence-corrected chi connectivity index (χ0v) is 11.1. The summed E-state index contributed by atoms with van der Waals surface area (Å²) in [5.41, 5.74) is 0. The standard InChI is InChI=1S/C12H9NS3/c1-8-2-3-9(15-8)10-4-5-11(16-10)12-13-6-7-14-12/h2-7H,1H3. The number of thiophene rings is 2. The van der Waals surface area contributed by atoms with Gasteiger partial charge in [-0.2, -0.15) is 0 Å². The van der Waals surface area contributed by atoms with E-state index >= 15 is 0 Å². The number of nitrogens with zero attached hydrogens (tertiary/aromatic N) is 1. The van der Waals surface area contributed by atoms with E-state index in [1.165, 1.54) is 19.5 Å². The molecule has 3 heterocycles. The molecule has 0 saturated heterocycles. The van der Waals surface area contributed by atoms with Crippen LogP contribution in [0.15, 0.2) is 35.8 Å². The summed E-state index contributed by atoms with van der Waals surface area (Å²) in [4.78, 5) is 9.64. The molecule has 0 radical (unpaired) electrons. The van der Waals surface area contributed by atoms with Crippen molar-refractivity contribution in [2.45, 2.75) is 6.92 Å². The topological polar surface area (TPSA) is 12.9 Å². The second kappa shape index (κ2) is 4.13. The van der Waals surface area contributed by atoms with Crippen LogP contribution in [0.25, 0.3) is 19.6 Å². The van der Waals surface area contributed by atoms with E-state index in [1.807, 2.05) is 34.3 Å². The molecule has 0 fully saturated rings. The van der Waals surface area contributed by atoms with Gasteiger partial charge in [-0.05, 0) is 31.2 Å². The first-order valence-corrected chi connectivity index (χ1v) is 7.41. The Labute approximate surface area is 106 Å². The van der Waals surface area contributed by atoms with E-state index in [0.717, 1.165) is 5.01 Å². The summed E-state index contributed by atoms with van der Waals surface area (Å²) in [5.74, 6) is 0. The Kier molecular flexibility index (Phi) is 2.63. The highest BCUT2D eigenvalue weighted by Gasteiger charge is 2.07. The van der Waals surface area contributed by atoms with Crippen molar-refractivity contribution in [3.05, 3.63) is 40.7 Å². The van der Waals surface area contributed by atoms with Gasteiger partial charge in [0.15, 0.2) is 0 Å². The maximum atomic E-state index is 4.33. The first-order chi connectivity index (χ1) is 7.83. The molecule has 3 aromatic heterocycles. The summed E-state index contributed by atoms with van der Waals surface area (Å²) in [5, 5.41) is 3.13. The number of thiazole rings is 1. The van der Waals surface area contributed by atoms with Crippen molar-refractivity contribution in [1.29, 1.82) is 0 Å². The number of aromatic nitrogens is 1. The van der Waals surface area contributed by atoms with E-state index in [9.17, 15) is 0 Å². The SMILES string of the molecule is Cc1ccc(-c2ccc(-c3nccs3)s2)s1. The zero-order valence-electron chi connectivity index (χ0n) is 8.64. The average molecular weight is 263 g/mol. The lowest BCUT2D eigenvalue weighted by Crippen LogP contribution is -1.63. The van der Waals surface area contributed by atoms with Crippen LogP contribution in [0.5, 0.6) is 0 Å². The highest BCUT2D eigenvalue weighted by atomic mass is 32.1. The second-order valence-electron chi connectivity index (χ2n) is 3.41. The highest BCUT2D eigenvalue weighted by molar-refractivity contribution is 7.26. The molecule has 0 saturated carbocycles. The van der Waals surface area contributed by atoms with Gasteiger partial charge in [0.1, 0.15) is 5.01 Å². The Bertz CT molecular complexity index is 589. The minimum Gasteiger partial charge on any atom is -0.244 e. The number of hydrogen-bond acceptors (Lipinski definition) is 4. The lowest BCUT2D eigenvalue weighted by Gasteiger charge is -1.89. The quantitative estimate of drug-likeness (QED) is 0.640. The van der Waals surface area contributed by atoms with Crippen molar-refractivity contribution in [3.8, 4) is 19.6 Å². The molecule has 0 aliphatic heterocycles. The largest absolute Gasteiger partial charge is 0.244 e. The van der Waals surface area contributed by atoms with Gasteiger partial charge in [-0.15, -0.1) is 34.0 Å². The molecule has 0 aromatic carbocycles. The van der Waals surface area contributed by atoms with Gasteiger partial charge in [0.05, 0.1) is 4.88 Å². The molecule has 0 aliphatic rings. The molecule has 0 spiro atoms. The normalized spacial score (nSPS) is 10.8. The summed E-state index contributed by atoms with van der Waals surface area (Å²) < 4.78 is 0. The molecule has 3 aromatic rings. The van der Waals surface area contributed by atoms with Crippen molar-refractivity contribution < 1.29 is 0 Å². The fraction of sp³-hybridized carbons (Fsp3) is 0.0833. The third-order valence-electron chi connectivity index (χ3n) is 2.23. The van der Waals surface area contributed by atoms with Crippen molar-refractivity contribution >= 4 is 34.0 Å². The molecule has 80 valence electrons. The summed E-state index contributed by atoms with van der Waals surface area (Å²) in [6.45, 7) is 2.14. The minimum atomic E-state index is 1.12. The summed E-state index contributed by atoms with van der Waals surface area (Å²) >= 11 is 5.35. The predicted octanol–water partition coefficient (Wildman–Crippen LogP) is 4.91. The molecule has 16 heavy (non-hydrogen) atoms. The molecule has 0 amide bonds. The van der Waals surface area contributed by atoms with Crippen LogP contribution in [0, 0.1) is 6.92 Å². The molecule has 0 unspecified atom stereocenters. The zero-order chi connectivity index (χ0) is 11.0. The van der Waals surface area contributed by atoms with Crippen molar-refractivity contribution in [3.63, 3.8) is 0 Å². The maximum Gasteiger partial charge on any atom is 0.133 e. The molecule has 0 aliphatic carbocycles. The van der Waals surface area contributed by atoms with Crippen molar-refractivity contribution in [2.24, 2.45) is 0 Å². The molecule has 3 rings (SSSR count). The van der Waals surface area contributed by atoms with Gasteiger partial charge >= 0.3 is 0 Å². The van der Waals surface area contributed by atoms with Crippen LogP contribution in [-0.2, 0) is 0 Å². The van der Waals surface area contributed by atoms with Crippen LogP contribution >= 0.6 is 34.0 Å². The Balaban J connectivity index is 2.00.